The van der Waals surface area contributed by atoms with Crippen molar-refractivity contribution in [2.75, 3.05) is 0 Å². The lowest BCUT2D eigenvalue weighted by Gasteiger charge is -2.08. The van der Waals surface area contributed by atoms with E-state index in [1.54, 1.807) is 0 Å². The molecule has 120 valence electrons. The average Bonchev–Trinajstić information content (AvgIpc) is 2.98. The second-order valence-electron chi connectivity index (χ2n) is 6.62. The van der Waals surface area contributed by atoms with E-state index in [2.05, 4.69) is 79.3 Å². The van der Waals surface area contributed by atoms with Crippen LogP contribution in [0.25, 0.3) is 44.0 Å². The second kappa shape index (κ2) is 5.18. The van der Waals surface area contributed by atoms with Crippen LogP contribution in [0.5, 0.6) is 0 Å². The number of rotatable bonds is 1. The van der Waals surface area contributed by atoms with Crippen molar-refractivity contribution >= 4 is 32.7 Å². The highest BCUT2D eigenvalue weighted by atomic mass is 16.3. The van der Waals surface area contributed by atoms with Crippen molar-refractivity contribution < 1.29 is 8.98 Å². The van der Waals surface area contributed by atoms with Crippen LogP contribution >= 0.6 is 0 Å². The molecular formula is C23H18NO+. The molecule has 0 aliphatic heterocycles. The van der Waals surface area contributed by atoms with Crippen LogP contribution in [-0.2, 0) is 7.05 Å². The lowest BCUT2D eigenvalue weighted by atomic mass is 9.97. The van der Waals surface area contributed by atoms with Gasteiger partial charge in [0.2, 0.25) is 5.69 Å². The Labute approximate surface area is 145 Å². The lowest BCUT2D eigenvalue weighted by molar-refractivity contribution is -0.659. The van der Waals surface area contributed by atoms with Gasteiger partial charge in [-0.15, -0.1) is 0 Å². The fourth-order valence-corrected chi connectivity index (χ4v) is 3.82. The molecule has 0 fully saturated rings. The smallest absolute Gasteiger partial charge is 0.216 e. The Kier molecular flexibility index (Phi) is 2.95. The van der Waals surface area contributed by atoms with E-state index in [1.165, 1.54) is 21.9 Å². The maximum atomic E-state index is 6.10. The van der Waals surface area contributed by atoms with Gasteiger partial charge < -0.3 is 4.42 Å². The van der Waals surface area contributed by atoms with Crippen LogP contribution in [0.2, 0.25) is 0 Å². The van der Waals surface area contributed by atoms with Gasteiger partial charge in [0.05, 0.1) is 17.0 Å². The first-order chi connectivity index (χ1) is 12.2. The fraction of sp³-hybridized carbons (Fsp3) is 0.0870. The number of hydrogen-bond acceptors (Lipinski definition) is 1. The Bertz CT molecular complexity index is 1260. The number of aryl methyl sites for hydroxylation is 2. The summed E-state index contributed by atoms with van der Waals surface area (Å²) in [5.41, 5.74) is 5.55. The first kappa shape index (κ1) is 14.2. The fourth-order valence-electron chi connectivity index (χ4n) is 3.82. The zero-order valence-corrected chi connectivity index (χ0v) is 14.3. The summed E-state index contributed by atoms with van der Waals surface area (Å²) in [6.07, 6.45) is 2.17. The zero-order valence-electron chi connectivity index (χ0n) is 14.3. The van der Waals surface area contributed by atoms with E-state index in [-0.39, 0.29) is 0 Å². The van der Waals surface area contributed by atoms with Gasteiger partial charge in [0.15, 0.2) is 6.20 Å². The summed E-state index contributed by atoms with van der Waals surface area (Å²) < 4.78 is 8.30. The third-order valence-electron chi connectivity index (χ3n) is 5.02. The molecule has 0 N–H and O–H groups in total. The van der Waals surface area contributed by atoms with E-state index in [0.29, 0.717) is 0 Å². The van der Waals surface area contributed by atoms with Crippen LogP contribution < -0.4 is 4.57 Å². The molecule has 2 aromatic heterocycles. The molecule has 2 heterocycles. The molecule has 0 unspecified atom stereocenters. The number of aromatic nitrogens is 1. The minimum atomic E-state index is 0.930. The van der Waals surface area contributed by atoms with Crippen LogP contribution in [0, 0.1) is 6.92 Å². The largest absolute Gasteiger partial charge is 0.456 e. The predicted octanol–water partition coefficient (Wildman–Crippen LogP) is 5.54. The highest BCUT2D eigenvalue weighted by Gasteiger charge is 2.18. The standard InChI is InChI=1S/C23H18NO/c1-15-7-5-8-16-9-6-11-18(23(15)16)20-13-22-19(14-24(20)2)17-10-3-4-12-21(17)25-22/h3-14H,1-2H3/q+1. The highest BCUT2D eigenvalue weighted by Crippen LogP contribution is 2.33. The number of pyridine rings is 1. The van der Waals surface area contributed by atoms with Gasteiger partial charge >= 0.3 is 0 Å². The van der Waals surface area contributed by atoms with Gasteiger partial charge in [0.1, 0.15) is 18.2 Å². The van der Waals surface area contributed by atoms with E-state index in [9.17, 15) is 0 Å². The van der Waals surface area contributed by atoms with E-state index in [0.717, 1.165) is 27.6 Å². The van der Waals surface area contributed by atoms with Gasteiger partial charge in [0, 0.05) is 5.39 Å². The van der Waals surface area contributed by atoms with Crippen LogP contribution in [0.15, 0.2) is 77.3 Å². The van der Waals surface area contributed by atoms with Gasteiger partial charge in [-0.05, 0) is 35.4 Å². The Morgan fingerprint density at radius 2 is 1.60 bits per heavy atom. The first-order valence-electron chi connectivity index (χ1n) is 8.52. The van der Waals surface area contributed by atoms with Gasteiger partial charge in [-0.3, -0.25) is 0 Å². The van der Waals surface area contributed by atoms with Gasteiger partial charge in [-0.25, -0.2) is 4.57 Å². The number of para-hydroxylation sites is 1. The molecule has 0 radical (unpaired) electrons. The first-order valence-corrected chi connectivity index (χ1v) is 8.52. The summed E-state index contributed by atoms with van der Waals surface area (Å²) in [7, 11) is 2.10. The summed E-state index contributed by atoms with van der Waals surface area (Å²) in [5, 5.41) is 4.88. The zero-order chi connectivity index (χ0) is 17.0. The monoisotopic (exact) mass is 324 g/mol. The Balaban J connectivity index is 1.87. The van der Waals surface area contributed by atoms with Crippen LogP contribution in [0.1, 0.15) is 5.56 Å². The van der Waals surface area contributed by atoms with Crippen LogP contribution in [-0.4, -0.2) is 0 Å². The molecule has 3 aromatic carbocycles. The van der Waals surface area contributed by atoms with Crippen molar-refractivity contribution in [3.8, 4) is 11.3 Å². The summed E-state index contributed by atoms with van der Waals surface area (Å²) >= 11 is 0. The van der Waals surface area contributed by atoms with E-state index in [1.807, 2.05) is 12.1 Å². The van der Waals surface area contributed by atoms with Crippen molar-refractivity contribution in [3.63, 3.8) is 0 Å². The molecule has 0 aliphatic rings. The summed E-state index contributed by atoms with van der Waals surface area (Å²) in [6.45, 7) is 2.17. The molecule has 0 saturated carbocycles. The molecule has 25 heavy (non-hydrogen) atoms. The minimum absolute atomic E-state index is 0.930. The Morgan fingerprint density at radius 3 is 2.48 bits per heavy atom. The maximum Gasteiger partial charge on any atom is 0.216 e. The SMILES string of the molecule is Cc1cccc2cccc(-c3cc4oc5ccccc5c4c[n+]3C)c12. The molecule has 0 aliphatic carbocycles. The van der Waals surface area contributed by atoms with Crippen molar-refractivity contribution in [2.45, 2.75) is 6.92 Å². The van der Waals surface area contributed by atoms with Crippen molar-refractivity contribution in [2.24, 2.45) is 7.05 Å². The molecule has 5 aromatic rings. The van der Waals surface area contributed by atoms with E-state index in [4.69, 9.17) is 4.42 Å². The second-order valence-corrected chi connectivity index (χ2v) is 6.62. The molecule has 0 atom stereocenters. The number of benzene rings is 3. The predicted molar refractivity (Wildman–Crippen MR) is 103 cm³/mol. The number of fused-ring (bicyclic) bond motifs is 4. The van der Waals surface area contributed by atoms with Crippen LogP contribution in [0.3, 0.4) is 0 Å². The van der Waals surface area contributed by atoms with Crippen molar-refractivity contribution in [1.29, 1.82) is 0 Å². The summed E-state index contributed by atoms with van der Waals surface area (Å²) in [4.78, 5) is 0. The Morgan fingerprint density at radius 1 is 0.800 bits per heavy atom. The quantitative estimate of drug-likeness (QED) is 0.370. The third-order valence-corrected chi connectivity index (χ3v) is 5.02. The number of nitrogens with zero attached hydrogens (tertiary/aromatic N) is 1. The molecule has 0 bridgehead atoms. The van der Waals surface area contributed by atoms with E-state index >= 15 is 0 Å². The molecule has 0 amide bonds. The van der Waals surface area contributed by atoms with Gasteiger partial charge in [-0.1, -0.05) is 48.5 Å². The third kappa shape index (κ3) is 2.07. The molecular weight excluding hydrogens is 306 g/mol. The summed E-state index contributed by atoms with van der Waals surface area (Å²) in [6, 6.07) is 23.3. The maximum absolute atomic E-state index is 6.10. The average molecular weight is 324 g/mol. The van der Waals surface area contributed by atoms with E-state index < -0.39 is 0 Å². The lowest BCUT2D eigenvalue weighted by Crippen LogP contribution is -2.30. The minimum Gasteiger partial charge on any atom is -0.456 e. The van der Waals surface area contributed by atoms with Crippen molar-refractivity contribution in [1.82, 2.24) is 0 Å². The molecule has 2 heteroatoms. The topological polar surface area (TPSA) is 17.0 Å². The number of furan rings is 1. The Hall–Kier alpha value is -3.13. The molecule has 5 rings (SSSR count). The molecule has 2 nitrogen and oxygen atoms in total. The molecule has 0 spiro atoms. The summed E-state index contributed by atoms with van der Waals surface area (Å²) in [5.74, 6) is 0. The van der Waals surface area contributed by atoms with Gasteiger partial charge in [-0.2, -0.15) is 0 Å². The van der Waals surface area contributed by atoms with Crippen LogP contribution in [0.4, 0.5) is 0 Å². The highest BCUT2D eigenvalue weighted by molar-refractivity contribution is 6.05. The number of hydrogen-bond donors (Lipinski definition) is 0. The van der Waals surface area contributed by atoms with Gasteiger partial charge in [0.25, 0.3) is 0 Å². The molecule has 0 saturated heterocycles. The normalized spacial score (nSPS) is 11.6. The van der Waals surface area contributed by atoms with Crippen molar-refractivity contribution in [3.05, 3.63) is 78.5 Å².